The van der Waals surface area contributed by atoms with Gasteiger partial charge in [0.05, 0.1) is 13.2 Å². The maximum absolute atomic E-state index is 11.8. The molecule has 0 aromatic heterocycles. The minimum Gasteiger partial charge on any atom is -0.379 e. The standard InChI is InChI=1S/C15H23N5O3/c16-19-13-4-2-12(3-5-13)18-15(22)14(21)17-6-1-7-20-8-10-23-11-9-20/h2-5,19H,1,6-11,16H2,(H,17,21)(H,18,22). The smallest absolute Gasteiger partial charge is 0.313 e. The quantitative estimate of drug-likeness (QED) is 0.249. The average molecular weight is 321 g/mol. The number of nitrogens with zero attached hydrogens (tertiary/aromatic N) is 1. The number of benzene rings is 1. The van der Waals surface area contributed by atoms with E-state index in [1.165, 1.54) is 0 Å². The van der Waals surface area contributed by atoms with E-state index in [4.69, 9.17) is 10.6 Å². The van der Waals surface area contributed by atoms with Gasteiger partial charge in [0.1, 0.15) is 0 Å². The lowest BCUT2D eigenvalue weighted by atomic mass is 10.3. The fraction of sp³-hybridized carbons (Fsp3) is 0.467. The van der Waals surface area contributed by atoms with Crippen LogP contribution in [0.25, 0.3) is 0 Å². The van der Waals surface area contributed by atoms with Gasteiger partial charge >= 0.3 is 11.8 Å². The number of nitrogen functional groups attached to an aromatic ring is 1. The number of hydrazine groups is 1. The highest BCUT2D eigenvalue weighted by atomic mass is 16.5. The lowest BCUT2D eigenvalue weighted by Gasteiger charge is -2.26. The zero-order valence-electron chi connectivity index (χ0n) is 13.0. The van der Waals surface area contributed by atoms with Gasteiger partial charge in [-0.05, 0) is 37.2 Å². The lowest BCUT2D eigenvalue weighted by Crippen LogP contribution is -2.39. The Hall–Kier alpha value is -2.16. The Morgan fingerprint density at radius 1 is 1.09 bits per heavy atom. The molecule has 0 radical (unpaired) electrons. The van der Waals surface area contributed by atoms with Gasteiger partial charge in [-0.15, -0.1) is 0 Å². The van der Waals surface area contributed by atoms with E-state index in [1.54, 1.807) is 24.3 Å². The van der Waals surface area contributed by atoms with Gasteiger partial charge in [0.15, 0.2) is 0 Å². The van der Waals surface area contributed by atoms with Gasteiger partial charge < -0.3 is 20.8 Å². The summed E-state index contributed by atoms with van der Waals surface area (Å²) in [5.41, 5.74) is 3.75. The summed E-state index contributed by atoms with van der Waals surface area (Å²) in [6.07, 6.45) is 0.801. The van der Waals surface area contributed by atoms with Gasteiger partial charge in [-0.1, -0.05) is 0 Å². The first-order valence-corrected chi connectivity index (χ1v) is 7.65. The number of morpholine rings is 1. The molecule has 8 heteroatoms. The Labute approximate surface area is 135 Å². The molecule has 0 aliphatic carbocycles. The summed E-state index contributed by atoms with van der Waals surface area (Å²) >= 11 is 0. The number of ether oxygens (including phenoxy) is 1. The van der Waals surface area contributed by atoms with Crippen molar-refractivity contribution in [1.29, 1.82) is 0 Å². The highest BCUT2D eigenvalue weighted by Crippen LogP contribution is 2.12. The molecule has 0 saturated carbocycles. The van der Waals surface area contributed by atoms with E-state index < -0.39 is 11.8 Å². The van der Waals surface area contributed by atoms with Crippen LogP contribution < -0.4 is 21.9 Å². The van der Waals surface area contributed by atoms with Crippen molar-refractivity contribution in [2.75, 3.05) is 50.1 Å². The highest BCUT2D eigenvalue weighted by molar-refractivity contribution is 6.39. The molecular formula is C15H23N5O3. The SMILES string of the molecule is NNc1ccc(NC(=O)C(=O)NCCCN2CCOCC2)cc1. The lowest BCUT2D eigenvalue weighted by molar-refractivity contribution is -0.136. The molecule has 1 saturated heterocycles. The molecule has 0 atom stereocenters. The van der Waals surface area contributed by atoms with Gasteiger partial charge in [-0.3, -0.25) is 20.3 Å². The fourth-order valence-electron chi connectivity index (χ4n) is 2.25. The molecular weight excluding hydrogens is 298 g/mol. The van der Waals surface area contributed by atoms with Crippen LogP contribution in [0.4, 0.5) is 11.4 Å². The molecule has 1 aromatic carbocycles. The maximum atomic E-state index is 11.8. The Balaban J connectivity index is 1.64. The van der Waals surface area contributed by atoms with Crippen molar-refractivity contribution in [3.63, 3.8) is 0 Å². The maximum Gasteiger partial charge on any atom is 0.313 e. The topological polar surface area (TPSA) is 109 Å². The summed E-state index contributed by atoms with van der Waals surface area (Å²) in [6.45, 7) is 4.71. The van der Waals surface area contributed by atoms with Crippen LogP contribution in [0.3, 0.4) is 0 Å². The number of rotatable bonds is 6. The number of hydrogen-bond donors (Lipinski definition) is 4. The van der Waals surface area contributed by atoms with Crippen molar-refractivity contribution in [1.82, 2.24) is 10.2 Å². The highest BCUT2D eigenvalue weighted by Gasteiger charge is 2.14. The van der Waals surface area contributed by atoms with Crippen LogP contribution in [-0.4, -0.2) is 56.1 Å². The summed E-state index contributed by atoms with van der Waals surface area (Å²) in [5, 5.41) is 5.16. The second-order valence-electron chi connectivity index (χ2n) is 5.24. The van der Waals surface area contributed by atoms with E-state index >= 15 is 0 Å². The molecule has 126 valence electrons. The number of hydrogen-bond acceptors (Lipinski definition) is 6. The summed E-state index contributed by atoms with van der Waals surface area (Å²) in [6, 6.07) is 6.74. The fourth-order valence-corrected chi connectivity index (χ4v) is 2.25. The van der Waals surface area contributed by atoms with E-state index in [0.717, 1.165) is 45.0 Å². The average Bonchev–Trinajstić information content (AvgIpc) is 2.60. The Morgan fingerprint density at radius 3 is 2.39 bits per heavy atom. The van der Waals surface area contributed by atoms with Crippen molar-refractivity contribution >= 4 is 23.2 Å². The van der Waals surface area contributed by atoms with E-state index in [0.29, 0.717) is 12.2 Å². The Bertz CT molecular complexity index is 514. The van der Waals surface area contributed by atoms with Gasteiger partial charge in [-0.2, -0.15) is 0 Å². The summed E-state index contributed by atoms with van der Waals surface area (Å²) < 4.78 is 5.27. The van der Waals surface area contributed by atoms with E-state index in [2.05, 4.69) is 21.0 Å². The van der Waals surface area contributed by atoms with E-state index in [-0.39, 0.29) is 0 Å². The van der Waals surface area contributed by atoms with Crippen molar-refractivity contribution < 1.29 is 14.3 Å². The van der Waals surface area contributed by atoms with Crippen LogP contribution in [0.2, 0.25) is 0 Å². The minimum atomic E-state index is -0.676. The minimum absolute atomic E-state index is 0.472. The van der Waals surface area contributed by atoms with Gasteiger partial charge in [0, 0.05) is 31.0 Å². The second kappa shape index (κ2) is 9.09. The van der Waals surface area contributed by atoms with Crippen molar-refractivity contribution in [2.24, 2.45) is 5.84 Å². The predicted octanol–water partition coefficient (Wildman–Crippen LogP) is -0.251. The predicted molar refractivity (Wildman–Crippen MR) is 87.8 cm³/mol. The normalized spacial score (nSPS) is 15.0. The van der Waals surface area contributed by atoms with E-state index in [9.17, 15) is 9.59 Å². The molecule has 8 nitrogen and oxygen atoms in total. The molecule has 1 aromatic rings. The molecule has 1 aliphatic rings. The number of nitrogens with two attached hydrogens (primary N) is 1. The second-order valence-corrected chi connectivity index (χ2v) is 5.24. The molecule has 2 rings (SSSR count). The van der Waals surface area contributed by atoms with Crippen molar-refractivity contribution in [2.45, 2.75) is 6.42 Å². The first-order valence-electron chi connectivity index (χ1n) is 7.65. The number of carbonyl (C=O) groups excluding carboxylic acids is 2. The molecule has 23 heavy (non-hydrogen) atoms. The molecule has 1 fully saturated rings. The number of amides is 2. The summed E-state index contributed by atoms with van der Waals surface area (Å²) in [7, 11) is 0. The summed E-state index contributed by atoms with van der Waals surface area (Å²) in [5.74, 6) is 3.95. The van der Waals surface area contributed by atoms with Crippen molar-refractivity contribution in [3.05, 3.63) is 24.3 Å². The van der Waals surface area contributed by atoms with Crippen LogP contribution in [0, 0.1) is 0 Å². The van der Waals surface area contributed by atoms with Crippen LogP contribution in [0.1, 0.15) is 6.42 Å². The first kappa shape index (κ1) is 17.2. The number of carbonyl (C=O) groups is 2. The molecule has 0 bridgehead atoms. The molecule has 0 spiro atoms. The molecule has 1 aliphatic heterocycles. The number of nitrogens with one attached hydrogen (secondary N) is 3. The molecule has 5 N–H and O–H groups in total. The van der Waals surface area contributed by atoms with Gasteiger partial charge in [0.25, 0.3) is 0 Å². The van der Waals surface area contributed by atoms with Gasteiger partial charge in [0.2, 0.25) is 0 Å². The zero-order chi connectivity index (χ0) is 16.5. The third-order valence-electron chi connectivity index (χ3n) is 3.56. The van der Waals surface area contributed by atoms with Crippen LogP contribution >= 0.6 is 0 Å². The Kier molecular flexibility index (Phi) is 6.79. The third kappa shape index (κ3) is 5.85. The molecule has 2 amide bonds. The van der Waals surface area contributed by atoms with Crippen LogP contribution in [0.5, 0.6) is 0 Å². The molecule has 1 heterocycles. The monoisotopic (exact) mass is 321 g/mol. The molecule has 0 unspecified atom stereocenters. The zero-order valence-corrected chi connectivity index (χ0v) is 13.0. The van der Waals surface area contributed by atoms with Crippen LogP contribution in [0.15, 0.2) is 24.3 Å². The number of anilines is 2. The largest absolute Gasteiger partial charge is 0.379 e. The van der Waals surface area contributed by atoms with Gasteiger partial charge in [-0.25, -0.2) is 0 Å². The van der Waals surface area contributed by atoms with Crippen LogP contribution in [-0.2, 0) is 14.3 Å². The summed E-state index contributed by atoms with van der Waals surface area (Å²) in [4.78, 5) is 25.8. The first-order chi connectivity index (χ1) is 11.2. The third-order valence-corrected chi connectivity index (χ3v) is 3.56. The Morgan fingerprint density at radius 2 is 1.74 bits per heavy atom. The van der Waals surface area contributed by atoms with E-state index in [1.807, 2.05) is 0 Å². The van der Waals surface area contributed by atoms with Crippen molar-refractivity contribution in [3.8, 4) is 0 Å².